The Hall–Kier alpha value is -5.01. The Balaban J connectivity index is 1.80. The molecule has 0 spiro atoms. The van der Waals surface area contributed by atoms with E-state index in [2.05, 4.69) is 21.3 Å². The molecule has 2 aromatic carbocycles. The van der Waals surface area contributed by atoms with Crippen LogP contribution in [0.3, 0.4) is 0 Å². The van der Waals surface area contributed by atoms with Crippen molar-refractivity contribution in [2.45, 2.75) is 117 Å². The zero-order valence-electron chi connectivity index (χ0n) is 39.1. The summed E-state index contributed by atoms with van der Waals surface area (Å²) in [5, 5.41) is 31.3. The highest BCUT2D eigenvalue weighted by atomic mass is 32.1. The zero-order valence-corrected chi connectivity index (χ0v) is 40.7. The van der Waals surface area contributed by atoms with Gasteiger partial charge in [-0.25, -0.2) is 0 Å². The molecule has 0 radical (unpaired) electrons. The summed E-state index contributed by atoms with van der Waals surface area (Å²) in [6.45, 7) is 9.81. The Kier molecular flexibility index (Phi) is 21.9. The van der Waals surface area contributed by atoms with E-state index >= 15 is 0 Å². The summed E-state index contributed by atoms with van der Waals surface area (Å²) in [6, 6.07) is 15.9. The molecule has 360 valence electrons. The summed E-state index contributed by atoms with van der Waals surface area (Å²) >= 11 is 3.14. The van der Waals surface area contributed by atoms with Crippen LogP contribution in [0.4, 0.5) is 0 Å². The molecule has 2 unspecified atom stereocenters. The first-order valence-corrected chi connectivity index (χ1v) is 24.3. The molecule has 2 aromatic heterocycles. The van der Waals surface area contributed by atoms with Crippen LogP contribution in [0.2, 0.25) is 0 Å². The first-order valence-electron chi connectivity index (χ1n) is 22.4. The van der Waals surface area contributed by atoms with E-state index in [0.29, 0.717) is 30.4 Å². The predicted molar refractivity (Wildman–Crippen MR) is 257 cm³/mol. The van der Waals surface area contributed by atoms with E-state index in [-0.39, 0.29) is 31.0 Å². The van der Waals surface area contributed by atoms with Gasteiger partial charge >= 0.3 is 5.97 Å². The van der Waals surface area contributed by atoms with Gasteiger partial charge in [0.1, 0.15) is 30.3 Å². The van der Waals surface area contributed by atoms with Crippen molar-refractivity contribution < 1.29 is 48.0 Å². The van der Waals surface area contributed by atoms with Crippen LogP contribution in [-0.4, -0.2) is 98.1 Å². The van der Waals surface area contributed by atoms with Crippen molar-refractivity contribution in [3.8, 4) is 22.3 Å². The predicted octanol–water partition coefficient (Wildman–Crippen LogP) is 5.79. The molecule has 0 bridgehead atoms. The number of aliphatic hydroxyl groups is 1. The molecule has 10 atom stereocenters. The van der Waals surface area contributed by atoms with Gasteiger partial charge in [-0.2, -0.15) is 22.7 Å². The third-order valence-electron chi connectivity index (χ3n) is 12.0. The van der Waals surface area contributed by atoms with E-state index in [1.165, 1.54) is 14.1 Å². The molecule has 2 heterocycles. The van der Waals surface area contributed by atoms with E-state index in [4.69, 9.17) is 24.7 Å². The normalized spacial score (nSPS) is 16.0. The molecule has 4 aromatic rings. The average molecular weight is 950 g/mol. The van der Waals surface area contributed by atoms with Crippen LogP contribution in [-0.2, 0) is 56.1 Å². The lowest BCUT2D eigenvalue weighted by molar-refractivity contribution is -0.204. The van der Waals surface area contributed by atoms with Crippen molar-refractivity contribution in [1.82, 2.24) is 21.3 Å². The van der Waals surface area contributed by atoms with Gasteiger partial charge < -0.3 is 51.1 Å². The maximum atomic E-state index is 14.7. The van der Waals surface area contributed by atoms with Crippen molar-refractivity contribution in [2.24, 2.45) is 23.5 Å². The Morgan fingerprint density at radius 2 is 1.02 bits per heavy atom. The molecule has 4 rings (SSSR count). The van der Waals surface area contributed by atoms with Gasteiger partial charge in [-0.05, 0) is 84.8 Å². The lowest BCUT2D eigenvalue weighted by atomic mass is 9.95. The number of nitrogens with two attached hydrogens (primary N) is 1. The molecular weight excluding hydrogens is 883 g/mol. The largest absolute Gasteiger partial charge is 0.437 e. The summed E-state index contributed by atoms with van der Waals surface area (Å²) in [5.74, 6) is -4.41. The van der Waals surface area contributed by atoms with Gasteiger partial charge in [0.2, 0.25) is 11.8 Å². The lowest BCUT2D eigenvalue weighted by Crippen LogP contribution is -2.61. The van der Waals surface area contributed by atoms with Crippen LogP contribution in [0.15, 0.2) is 82.2 Å². The Morgan fingerprint density at radius 3 is 1.41 bits per heavy atom. The quantitative estimate of drug-likeness (QED) is 0.0311. The van der Waals surface area contributed by atoms with Gasteiger partial charge in [0.05, 0.1) is 13.2 Å². The number of ether oxygens (including phenoxy) is 4. The third-order valence-corrected chi connectivity index (χ3v) is 13.4. The molecule has 17 heteroatoms. The summed E-state index contributed by atoms with van der Waals surface area (Å²) in [5.41, 5.74) is 11.5. The van der Waals surface area contributed by atoms with Crippen molar-refractivity contribution in [2.75, 3.05) is 20.9 Å². The fraction of sp³-hybridized carbons (Fsp3) is 0.490. The molecule has 0 aliphatic heterocycles. The van der Waals surface area contributed by atoms with Gasteiger partial charge in [-0.15, -0.1) is 0 Å². The highest BCUT2D eigenvalue weighted by Gasteiger charge is 2.45. The molecular formula is C49H67N5O10S2. The summed E-state index contributed by atoms with van der Waals surface area (Å²) in [6.07, 6.45) is -5.78. The SMILES string of the molecule is CCC(C)[C@H](NC(=O)[C@H](OCc1ccc(-c2ccsc2)cc1)[C@H](O)[C@@H](OCOC(=O)[C@@H](N)[C@@H](C)CC)[C@@H](OCc1ccc(-c2ccsc2)cc1)C(=O)N[C@H](C(=O)NC)C(C)CC)C(=O)NC. The number of carbonyl (C=O) groups excluding carboxylic acids is 5. The number of esters is 1. The first kappa shape index (κ1) is 53.6. The number of carbonyl (C=O) groups is 5. The monoisotopic (exact) mass is 949 g/mol. The molecule has 15 nitrogen and oxygen atoms in total. The second-order valence-corrected chi connectivity index (χ2v) is 18.0. The smallest absolute Gasteiger partial charge is 0.325 e. The molecule has 0 saturated heterocycles. The fourth-order valence-corrected chi connectivity index (χ4v) is 8.27. The molecule has 66 heavy (non-hydrogen) atoms. The van der Waals surface area contributed by atoms with E-state index < -0.39 is 78.9 Å². The molecule has 0 aliphatic carbocycles. The fourth-order valence-electron chi connectivity index (χ4n) is 6.94. The lowest BCUT2D eigenvalue weighted by Gasteiger charge is -2.35. The van der Waals surface area contributed by atoms with Gasteiger partial charge in [-0.3, -0.25) is 24.0 Å². The second kappa shape index (κ2) is 27.0. The Bertz CT molecular complexity index is 2100. The first-order chi connectivity index (χ1) is 31.7. The highest BCUT2D eigenvalue weighted by molar-refractivity contribution is 7.08. The van der Waals surface area contributed by atoms with E-state index in [1.807, 2.05) is 103 Å². The van der Waals surface area contributed by atoms with Crippen molar-refractivity contribution >= 4 is 52.3 Å². The Morgan fingerprint density at radius 1 is 0.591 bits per heavy atom. The van der Waals surface area contributed by atoms with Crippen LogP contribution in [0, 0.1) is 17.8 Å². The second-order valence-electron chi connectivity index (χ2n) is 16.5. The average Bonchev–Trinajstić information content (AvgIpc) is 4.10. The van der Waals surface area contributed by atoms with Crippen LogP contribution in [0.5, 0.6) is 0 Å². The van der Waals surface area contributed by atoms with Gasteiger partial charge in [0.25, 0.3) is 11.8 Å². The standard InChI is InChI=1S/C49H67N5O10S2/c1-9-29(4)38(50)49(60)64-28-63-42(44(48(59)54-40(31(6)11-3)46(57)52-8)62-25-33-14-18-35(19-15-33)37-21-23-66-27-37)41(55)43(47(58)53-39(30(5)10-2)45(56)51-7)61-24-32-12-16-34(17-13-32)36-20-22-65-26-36/h12-23,26-27,29-31,38-44,55H,9-11,24-25,28,50H2,1-8H3,(H,51,56)(H,52,57)(H,53,58)(H,54,59)/t29-,30?,31?,38-,39-,40-,41+,42+,43+,44+/m0/s1. The number of rotatable bonds is 27. The topological polar surface area (TPSA) is 217 Å². The van der Waals surface area contributed by atoms with E-state index in [1.54, 1.807) is 43.4 Å². The van der Waals surface area contributed by atoms with Crippen LogP contribution >= 0.6 is 22.7 Å². The maximum Gasteiger partial charge on any atom is 0.325 e. The molecule has 0 saturated carbocycles. The molecule has 0 fully saturated rings. The van der Waals surface area contributed by atoms with Crippen LogP contribution in [0.1, 0.15) is 71.9 Å². The van der Waals surface area contributed by atoms with Gasteiger partial charge in [0.15, 0.2) is 19.0 Å². The summed E-state index contributed by atoms with van der Waals surface area (Å²) < 4.78 is 24.3. The summed E-state index contributed by atoms with van der Waals surface area (Å²) in [4.78, 5) is 68.8. The van der Waals surface area contributed by atoms with Crippen molar-refractivity contribution in [1.29, 1.82) is 0 Å². The maximum absolute atomic E-state index is 14.7. The van der Waals surface area contributed by atoms with E-state index in [0.717, 1.165) is 22.3 Å². The van der Waals surface area contributed by atoms with Gasteiger partial charge in [0, 0.05) is 14.1 Å². The minimum atomic E-state index is -2.03. The van der Waals surface area contributed by atoms with Crippen LogP contribution < -0.4 is 27.0 Å². The molecule has 0 aliphatic rings. The molecule has 7 N–H and O–H groups in total. The zero-order chi connectivity index (χ0) is 48.3. The number of likely N-dealkylation sites (N-methyl/N-ethyl adjacent to an activating group) is 2. The number of hydrogen-bond acceptors (Lipinski definition) is 13. The number of benzene rings is 2. The van der Waals surface area contributed by atoms with Crippen LogP contribution in [0.25, 0.3) is 22.3 Å². The number of hydrogen-bond donors (Lipinski definition) is 6. The van der Waals surface area contributed by atoms with Gasteiger partial charge in [-0.1, -0.05) is 109 Å². The Labute approximate surface area is 396 Å². The minimum Gasteiger partial charge on any atom is -0.437 e. The van der Waals surface area contributed by atoms with Crippen molar-refractivity contribution in [3.63, 3.8) is 0 Å². The third kappa shape index (κ3) is 15.0. The number of aliphatic hydroxyl groups excluding tert-OH is 1. The number of thiophene rings is 2. The summed E-state index contributed by atoms with van der Waals surface area (Å²) in [7, 11) is 2.90. The highest BCUT2D eigenvalue weighted by Crippen LogP contribution is 2.26. The van der Waals surface area contributed by atoms with E-state index in [9.17, 15) is 29.1 Å². The minimum absolute atomic E-state index is 0.192. The van der Waals surface area contributed by atoms with Crippen molar-refractivity contribution in [3.05, 3.63) is 93.3 Å². The number of nitrogens with one attached hydrogen (secondary N) is 4. The molecule has 4 amide bonds. The number of amides is 4.